The number of nitrogens with zero attached hydrogens (tertiary/aromatic N) is 2. The topological polar surface area (TPSA) is 86.8 Å². The van der Waals surface area contributed by atoms with Crippen molar-refractivity contribution in [1.29, 1.82) is 0 Å². The zero-order valence-corrected chi connectivity index (χ0v) is 28.8. The summed E-state index contributed by atoms with van der Waals surface area (Å²) in [5, 5.41) is 4.37. The van der Waals surface area contributed by atoms with Crippen molar-refractivity contribution in [2.75, 3.05) is 10.8 Å². The average Bonchev–Trinajstić information content (AvgIpc) is 3.07. The fourth-order valence-electron chi connectivity index (χ4n) is 5.79. The smallest absolute Gasteiger partial charge is 0.264 e. The Morgan fingerprint density at radius 1 is 0.787 bits per heavy atom. The number of sulfonamides is 1. The lowest BCUT2D eigenvalue weighted by atomic mass is 9.94. The minimum atomic E-state index is -4.21. The summed E-state index contributed by atoms with van der Waals surface area (Å²) in [6.07, 6.45) is 5.09. The van der Waals surface area contributed by atoms with Crippen molar-refractivity contribution in [3.63, 3.8) is 0 Å². The fourth-order valence-corrected chi connectivity index (χ4v) is 7.82. The van der Waals surface area contributed by atoms with Crippen LogP contribution in [-0.2, 0) is 32.6 Å². The van der Waals surface area contributed by atoms with E-state index in [1.165, 1.54) is 17.0 Å². The molecule has 1 N–H and O–H groups in total. The molecule has 0 aliphatic heterocycles. The summed E-state index contributed by atoms with van der Waals surface area (Å²) in [7, 11) is -4.21. The van der Waals surface area contributed by atoms with Crippen LogP contribution < -0.4 is 9.62 Å². The number of carbonyl (C=O) groups is 2. The Hall–Kier alpha value is -3.56. The van der Waals surface area contributed by atoms with Gasteiger partial charge >= 0.3 is 0 Å². The maximum Gasteiger partial charge on any atom is 0.264 e. The highest BCUT2D eigenvalue weighted by atomic mass is 35.5. The molecule has 2 amide bonds. The molecule has 1 atom stereocenters. The molecule has 5 rings (SSSR count). The normalized spacial score (nSPS) is 14.3. The van der Waals surface area contributed by atoms with Crippen LogP contribution in [0.4, 0.5) is 5.69 Å². The van der Waals surface area contributed by atoms with Gasteiger partial charge in [-0.1, -0.05) is 109 Å². The Morgan fingerprint density at radius 3 is 2.04 bits per heavy atom. The molecule has 7 nitrogen and oxygen atoms in total. The van der Waals surface area contributed by atoms with Crippen molar-refractivity contribution in [2.24, 2.45) is 0 Å². The van der Waals surface area contributed by atoms with Crippen LogP contribution in [0.5, 0.6) is 0 Å². The third kappa shape index (κ3) is 9.08. The van der Waals surface area contributed by atoms with E-state index in [2.05, 4.69) is 5.32 Å². The minimum absolute atomic E-state index is 0.00498. The Bertz CT molecular complexity index is 1770. The molecule has 0 saturated heterocycles. The largest absolute Gasteiger partial charge is 0.352 e. The molecule has 0 unspecified atom stereocenters. The molecule has 1 aliphatic rings. The third-order valence-electron chi connectivity index (χ3n) is 8.30. The highest BCUT2D eigenvalue weighted by molar-refractivity contribution is 7.92. The molecule has 1 aliphatic carbocycles. The number of benzene rings is 4. The summed E-state index contributed by atoms with van der Waals surface area (Å²) in [5.41, 5.74) is 1.67. The number of nitrogens with one attached hydrogen (secondary N) is 1. The van der Waals surface area contributed by atoms with E-state index in [4.69, 9.17) is 34.8 Å². The van der Waals surface area contributed by atoms with Gasteiger partial charge in [-0.05, 0) is 72.5 Å². The molecule has 0 heterocycles. The van der Waals surface area contributed by atoms with Gasteiger partial charge in [0.15, 0.2) is 0 Å². The van der Waals surface area contributed by atoms with Gasteiger partial charge in [-0.3, -0.25) is 13.9 Å². The Morgan fingerprint density at radius 2 is 1.40 bits per heavy atom. The summed E-state index contributed by atoms with van der Waals surface area (Å²) in [5.74, 6) is -0.881. The Balaban J connectivity index is 1.57. The van der Waals surface area contributed by atoms with E-state index in [1.54, 1.807) is 60.7 Å². The van der Waals surface area contributed by atoms with Crippen LogP contribution in [0, 0.1) is 0 Å². The zero-order chi connectivity index (χ0) is 33.4. The quantitative estimate of drug-likeness (QED) is 0.162. The third-order valence-corrected chi connectivity index (χ3v) is 10.9. The molecule has 246 valence electrons. The lowest BCUT2D eigenvalue weighted by Gasteiger charge is -2.35. The number of carbonyl (C=O) groups excluding carboxylic acids is 2. The predicted molar refractivity (Wildman–Crippen MR) is 188 cm³/mol. The standard InChI is InChI=1S/C36H36Cl3N3O4S/c37-28-18-20-31(21-19-28)42(47(45,46)32-14-8-3-9-15-32)25-35(43)41(24-27-16-17-29(38)23-33(27)39)34(22-26-10-4-1-5-11-26)36(44)40-30-12-6-2-7-13-30/h1,3-5,8-11,14-21,23,30,34H,2,6-7,12-13,22,24-25H2,(H,40,44)/t34-/m0/s1. The maximum absolute atomic E-state index is 14.6. The maximum atomic E-state index is 14.6. The number of rotatable bonds is 12. The van der Waals surface area contributed by atoms with Crippen molar-refractivity contribution >= 4 is 62.3 Å². The molecular weight excluding hydrogens is 677 g/mol. The predicted octanol–water partition coefficient (Wildman–Crippen LogP) is 7.93. The van der Waals surface area contributed by atoms with E-state index >= 15 is 0 Å². The molecule has 0 spiro atoms. The molecule has 47 heavy (non-hydrogen) atoms. The molecule has 4 aromatic carbocycles. The number of halogens is 3. The molecule has 1 fully saturated rings. The first kappa shape index (κ1) is 34.8. The van der Waals surface area contributed by atoms with Crippen molar-refractivity contribution in [3.8, 4) is 0 Å². The van der Waals surface area contributed by atoms with Crippen LogP contribution >= 0.6 is 34.8 Å². The summed E-state index contributed by atoms with van der Waals surface area (Å²) < 4.78 is 29.2. The van der Waals surface area contributed by atoms with Crippen LogP contribution in [0.2, 0.25) is 15.1 Å². The highest BCUT2D eigenvalue weighted by Gasteiger charge is 2.35. The second-order valence-electron chi connectivity index (χ2n) is 11.6. The van der Waals surface area contributed by atoms with Crippen LogP contribution in [-0.4, -0.2) is 43.8 Å². The van der Waals surface area contributed by atoms with Gasteiger partial charge in [0.2, 0.25) is 11.8 Å². The number of hydrogen-bond acceptors (Lipinski definition) is 4. The van der Waals surface area contributed by atoms with E-state index in [0.717, 1.165) is 42.0 Å². The van der Waals surface area contributed by atoms with E-state index in [1.807, 2.05) is 30.3 Å². The average molecular weight is 713 g/mol. The van der Waals surface area contributed by atoms with E-state index in [-0.39, 0.29) is 35.5 Å². The summed E-state index contributed by atoms with van der Waals surface area (Å²) in [6.45, 7) is -0.629. The fraction of sp³-hybridized carbons (Fsp3) is 0.278. The molecule has 0 aromatic heterocycles. The lowest BCUT2D eigenvalue weighted by molar-refractivity contribution is -0.140. The molecular formula is C36H36Cl3N3O4S. The minimum Gasteiger partial charge on any atom is -0.352 e. The molecule has 11 heteroatoms. The van der Waals surface area contributed by atoms with Crippen LogP contribution in [0.25, 0.3) is 0 Å². The van der Waals surface area contributed by atoms with Gasteiger partial charge in [0, 0.05) is 34.1 Å². The first-order valence-electron chi connectivity index (χ1n) is 15.5. The monoisotopic (exact) mass is 711 g/mol. The van der Waals surface area contributed by atoms with Crippen molar-refractivity contribution in [2.45, 2.75) is 62.0 Å². The van der Waals surface area contributed by atoms with Gasteiger partial charge in [-0.15, -0.1) is 0 Å². The van der Waals surface area contributed by atoms with E-state index in [9.17, 15) is 18.0 Å². The molecule has 4 aromatic rings. The number of hydrogen-bond donors (Lipinski definition) is 1. The first-order valence-corrected chi connectivity index (χ1v) is 18.1. The summed E-state index contributed by atoms with van der Waals surface area (Å²) in [6, 6.07) is 27.6. The lowest BCUT2D eigenvalue weighted by Crippen LogP contribution is -2.55. The van der Waals surface area contributed by atoms with Gasteiger partial charge in [0.05, 0.1) is 10.6 Å². The van der Waals surface area contributed by atoms with Gasteiger partial charge in [0.25, 0.3) is 10.0 Å². The summed E-state index contributed by atoms with van der Waals surface area (Å²) >= 11 is 18.9. The van der Waals surface area contributed by atoms with Crippen molar-refractivity contribution in [1.82, 2.24) is 10.2 Å². The highest BCUT2D eigenvalue weighted by Crippen LogP contribution is 2.28. The Kier molecular flexibility index (Phi) is 11.9. The van der Waals surface area contributed by atoms with Crippen molar-refractivity contribution < 1.29 is 18.0 Å². The second-order valence-corrected chi connectivity index (χ2v) is 14.7. The SMILES string of the molecule is O=C(NC1CCCCC1)[C@H](Cc1ccccc1)N(Cc1ccc(Cl)cc1Cl)C(=O)CN(c1ccc(Cl)cc1)S(=O)(=O)c1ccccc1. The first-order chi connectivity index (χ1) is 22.6. The number of amides is 2. The molecule has 0 bridgehead atoms. The zero-order valence-electron chi connectivity index (χ0n) is 25.7. The van der Waals surface area contributed by atoms with Gasteiger partial charge < -0.3 is 10.2 Å². The molecule has 1 saturated carbocycles. The van der Waals surface area contributed by atoms with Gasteiger partial charge in [-0.2, -0.15) is 0 Å². The summed E-state index contributed by atoms with van der Waals surface area (Å²) in [4.78, 5) is 30.3. The van der Waals surface area contributed by atoms with Gasteiger partial charge in [-0.25, -0.2) is 8.42 Å². The van der Waals surface area contributed by atoms with E-state index < -0.39 is 28.5 Å². The second kappa shape index (κ2) is 16.0. The molecule has 0 radical (unpaired) electrons. The van der Waals surface area contributed by atoms with Crippen LogP contribution in [0.1, 0.15) is 43.2 Å². The van der Waals surface area contributed by atoms with Gasteiger partial charge in [0.1, 0.15) is 12.6 Å². The van der Waals surface area contributed by atoms with Crippen LogP contribution in [0.3, 0.4) is 0 Å². The Labute approximate surface area is 291 Å². The number of anilines is 1. The van der Waals surface area contributed by atoms with E-state index in [0.29, 0.717) is 20.6 Å². The van der Waals surface area contributed by atoms with Crippen molar-refractivity contribution in [3.05, 3.63) is 129 Å². The van der Waals surface area contributed by atoms with Crippen LogP contribution in [0.15, 0.2) is 108 Å².